The normalized spacial score (nSPS) is 20.0. The monoisotopic (exact) mass is 373 g/mol. The quantitative estimate of drug-likeness (QED) is 0.822. The molecular weight excluding hydrogens is 342 g/mol. The highest BCUT2D eigenvalue weighted by atomic mass is 16.5. The van der Waals surface area contributed by atoms with Crippen molar-refractivity contribution in [1.29, 1.82) is 0 Å². The number of piperidine rings is 1. The Morgan fingerprint density at radius 2 is 1.85 bits per heavy atom. The summed E-state index contributed by atoms with van der Waals surface area (Å²) in [5.74, 6) is 1.17. The number of methoxy groups -OCH3 is 1. The number of ether oxygens (including phenoxy) is 1. The lowest BCUT2D eigenvalue weighted by molar-refractivity contribution is -0.147. The van der Waals surface area contributed by atoms with Crippen molar-refractivity contribution in [3.63, 3.8) is 0 Å². The number of likely N-dealkylation sites (tertiary alicyclic amines) is 2. The first-order valence-electron chi connectivity index (χ1n) is 9.87. The van der Waals surface area contributed by atoms with Crippen LogP contribution in [-0.4, -0.2) is 68.0 Å². The van der Waals surface area contributed by atoms with Gasteiger partial charge in [-0.1, -0.05) is 18.2 Å². The average Bonchev–Trinajstić information content (AvgIpc) is 2.61. The van der Waals surface area contributed by atoms with Gasteiger partial charge < -0.3 is 19.9 Å². The molecule has 6 nitrogen and oxygen atoms in total. The Kier molecular flexibility index (Phi) is 6.37. The van der Waals surface area contributed by atoms with Gasteiger partial charge in [0.1, 0.15) is 5.75 Å². The Morgan fingerprint density at radius 3 is 2.52 bits per heavy atom. The van der Waals surface area contributed by atoms with Gasteiger partial charge in [0, 0.05) is 25.0 Å². The summed E-state index contributed by atoms with van der Waals surface area (Å²) < 4.78 is 5.38. The van der Waals surface area contributed by atoms with E-state index in [1.807, 2.05) is 36.1 Å². The van der Waals surface area contributed by atoms with Crippen LogP contribution in [0.5, 0.6) is 5.75 Å². The van der Waals surface area contributed by atoms with Crippen molar-refractivity contribution in [3.8, 4) is 5.75 Å². The molecule has 0 aliphatic carbocycles. The molecule has 148 valence electrons. The number of carbonyl (C=O) groups is 2. The van der Waals surface area contributed by atoms with E-state index in [2.05, 4.69) is 17.3 Å². The molecule has 2 heterocycles. The van der Waals surface area contributed by atoms with Crippen molar-refractivity contribution < 1.29 is 14.3 Å². The minimum Gasteiger partial charge on any atom is -0.496 e. The van der Waals surface area contributed by atoms with Gasteiger partial charge >= 0.3 is 0 Å². The molecule has 1 N–H and O–H groups in total. The van der Waals surface area contributed by atoms with Crippen LogP contribution in [0.4, 0.5) is 0 Å². The highest BCUT2D eigenvalue weighted by Crippen LogP contribution is 2.25. The van der Waals surface area contributed by atoms with E-state index in [0.29, 0.717) is 13.1 Å². The first-order valence-corrected chi connectivity index (χ1v) is 9.87. The molecule has 2 fully saturated rings. The molecule has 0 saturated carbocycles. The maximum absolute atomic E-state index is 12.6. The molecule has 6 heteroatoms. The van der Waals surface area contributed by atoms with Gasteiger partial charge in [-0.15, -0.1) is 0 Å². The minimum atomic E-state index is -0.0830. The molecule has 1 unspecified atom stereocenters. The number of nitrogens with one attached hydrogen (secondary N) is 1. The van der Waals surface area contributed by atoms with E-state index in [-0.39, 0.29) is 29.7 Å². The highest BCUT2D eigenvalue weighted by molar-refractivity contribution is 5.85. The van der Waals surface area contributed by atoms with Crippen molar-refractivity contribution in [1.82, 2.24) is 15.1 Å². The summed E-state index contributed by atoms with van der Waals surface area (Å²) in [4.78, 5) is 29.1. The number of para-hydroxylation sites is 1. The summed E-state index contributed by atoms with van der Waals surface area (Å²) in [5.41, 5.74) is 1.08. The van der Waals surface area contributed by atoms with Crippen LogP contribution in [0.1, 0.15) is 25.3 Å². The van der Waals surface area contributed by atoms with Crippen LogP contribution in [0, 0.1) is 11.8 Å². The highest BCUT2D eigenvalue weighted by Gasteiger charge is 2.39. The molecule has 0 spiro atoms. The molecule has 2 aliphatic heterocycles. The third-order valence-corrected chi connectivity index (χ3v) is 5.74. The molecule has 2 aliphatic rings. The molecular formula is C21H31N3O3. The Hall–Kier alpha value is -2.08. The Labute approximate surface area is 161 Å². The summed E-state index contributed by atoms with van der Waals surface area (Å²) in [5, 5.41) is 3.09. The number of amides is 2. The topological polar surface area (TPSA) is 61.9 Å². The van der Waals surface area contributed by atoms with E-state index < -0.39 is 0 Å². The zero-order valence-electron chi connectivity index (χ0n) is 16.6. The molecule has 0 bridgehead atoms. The van der Waals surface area contributed by atoms with E-state index in [1.54, 1.807) is 7.11 Å². The maximum Gasteiger partial charge on any atom is 0.226 e. The lowest BCUT2D eigenvalue weighted by atomic mass is 9.91. The predicted molar refractivity (Wildman–Crippen MR) is 105 cm³/mol. The van der Waals surface area contributed by atoms with Crippen LogP contribution < -0.4 is 10.1 Å². The number of carbonyl (C=O) groups excluding carboxylic acids is 2. The summed E-state index contributed by atoms with van der Waals surface area (Å²) in [7, 11) is 3.75. The first-order chi connectivity index (χ1) is 13.0. The van der Waals surface area contributed by atoms with Gasteiger partial charge in [-0.3, -0.25) is 9.59 Å². The standard InChI is InChI=1S/C21H31N3O3/c1-15(12-17-6-4-5-7-19(17)27-3)22-20(25)18-13-24(14-18)21(26)16-8-10-23(2)11-9-16/h4-7,15-16,18H,8-14H2,1-3H3,(H,22,25). The lowest BCUT2D eigenvalue weighted by Gasteiger charge is -2.41. The molecule has 1 aromatic rings. The van der Waals surface area contributed by atoms with Crippen LogP contribution in [0.15, 0.2) is 24.3 Å². The van der Waals surface area contributed by atoms with Crippen LogP contribution in [-0.2, 0) is 16.0 Å². The summed E-state index contributed by atoms with van der Waals surface area (Å²) in [6.07, 6.45) is 2.58. The second-order valence-electron chi connectivity index (χ2n) is 7.94. The third-order valence-electron chi connectivity index (χ3n) is 5.74. The molecule has 2 saturated heterocycles. The van der Waals surface area contributed by atoms with Crippen LogP contribution in [0.2, 0.25) is 0 Å². The smallest absolute Gasteiger partial charge is 0.226 e. The molecule has 0 radical (unpaired) electrons. The van der Waals surface area contributed by atoms with Gasteiger partial charge in [-0.25, -0.2) is 0 Å². The van der Waals surface area contributed by atoms with E-state index in [9.17, 15) is 9.59 Å². The zero-order valence-corrected chi connectivity index (χ0v) is 16.6. The second kappa shape index (κ2) is 8.74. The summed E-state index contributed by atoms with van der Waals surface area (Å²) >= 11 is 0. The van der Waals surface area contributed by atoms with Gasteiger partial charge in [0.2, 0.25) is 11.8 Å². The van der Waals surface area contributed by atoms with Crippen LogP contribution in [0.3, 0.4) is 0 Å². The Morgan fingerprint density at radius 1 is 1.19 bits per heavy atom. The van der Waals surface area contributed by atoms with Gasteiger partial charge in [-0.2, -0.15) is 0 Å². The van der Waals surface area contributed by atoms with Gasteiger partial charge in [0.15, 0.2) is 0 Å². The van der Waals surface area contributed by atoms with E-state index >= 15 is 0 Å². The number of rotatable bonds is 6. The SMILES string of the molecule is COc1ccccc1CC(C)NC(=O)C1CN(C(=O)C2CCN(C)CC2)C1. The third kappa shape index (κ3) is 4.80. The van der Waals surface area contributed by atoms with Crippen molar-refractivity contribution in [2.75, 3.05) is 40.3 Å². The van der Waals surface area contributed by atoms with Gasteiger partial charge in [0.05, 0.1) is 13.0 Å². The van der Waals surface area contributed by atoms with Crippen LogP contribution in [0.25, 0.3) is 0 Å². The molecule has 1 aromatic carbocycles. The average molecular weight is 373 g/mol. The minimum absolute atomic E-state index is 0.0208. The number of hydrogen-bond donors (Lipinski definition) is 1. The maximum atomic E-state index is 12.6. The number of nitrogens with zero attached hydrogens (tertiary/aromatic N) is 2. The molecule has 1 atom stereocenters. The van der Waals surface area contributed by atoms with Crippen molar-refractivity contribution in [2.45, 2.75) is 32.2 Å². The van der Waals surface area contributed by atoms with E-state index in [1.165, 1.54) is 0 Å². The molecule has 2 amide bonds. The van der Waals surface area contributed by atoms with Crippen molar-refractivity contribution in [3.05, 3.63) is 29.8 Å². The predicted octanol–water partition coefficient (Wildman–Crippen LogP) is 1.54. The summed E-state index contributed by atoms with van der Waals surface area (Å²) in [6, 6.07) is 7.89. The number of benzene rings is 1. The zero-order chi connectivity index (χ0) is 19.4. The fraction of sp³-hybridized carbons (Fsp3) is 0.619. The Bertz CT molecular complexity index is 664. The van der Waals surface area contributed by atoms with E-state index in [0.717, 1.165) is 43.7 Å². The van der Waals surface area contributed by atoms with Gasteiger partial charge in [-0.05, 0) is 58.0 Å². The summed E-state index contributed by atoms with van der Waals surface area (Å²) in [6.45, 7) is 5.07. The van der Waals surface area contributed by atoms with E-state index in [4.69, 9.17) is 4.74 Å². The Balaban J connectivity index is 1.43. The molecule has 27 heavy (non-hydrogen) atoms. The molecule has 3 rings (SSSR count). The fourth-order valence-corrected chi connectivity index (χ4v) is 3.95. The second-order valence-corrected chi connectivity index (χ2v) is 7.94. The first kappa shape index (κ1) is 19.7. The largest absolute Gasteiger partial charge is 0.496 e. The van der Waals surface area contributed by atoms with Crippen molar-refractivity contribution >= 4 is 11.8 Å². The fourth-order valence-electron chi connectivity index (χ4n) is 3.95. The molecule has 0 aromatic heterocycles. The van der Waals surface area contributed by atoms with Gasteiger partial charge in [0.25, 0.3) is 0 Å². The van der Waals surface area contributed by atoms with Crippen LogP contribution >= 0.6 is 0 Å². The number of hydrogen-bond acceptors (Lipinski definition) is 4. The van der Waals surface area contributed by atoms with Crippen molar-refractivity contribution in [2.24, 2.45) is 11.8 Å². The lowest BCUT2D eigenvalue weighted by Crippen LogP contribution is -2.58.